The largest absolute Gasteiger partial charge is 0.487 e. The van der Waals surface area contributed by atoms with Crippen molar-refractivity contribution in [3.8, 4) is 5.75 Å². The molecule has 1 aromatic rings. The summed E-state index contributed by atoms with van der Waals surface area (Å²) < 4.78 is 5.93. The van der Waals surface area contributed by atoms with E-state index in [9.17, 15) is 0 Å². The minimum absolute atomic E-state index is 0.0183. The van der Waals surface area contributed by atoms with E-state index >= 15 is 0 Å². The molecule has 1 aromatic carbocycles. The smallest absolute Gasteiger partial charge is 0.195 e. The summed E-state index contributed by atoms with van der Waals surface area (Å²) in [5.41, 5.74) is 0. The number of aliphatic imine (C=N–C) groups is 1. The van der Waals surface area contributed by atoms with Crippen LogP contribution in [-0.4, -0.2) is 56.6 Å². The molecule has 0 fully saturated rings. The van der Waals surface area contributed by atoms with Gasteiger partial charge in [0, 0.05) is 28.2 Å². The molecule has 1 unspecified atom stereocenters. The highest BCUT2D eigenvalue weighted by atomic mass is 35.5. The van der Waals surface area contributed by atoms with Gasteiger partial charge in [-0.25, -0.2) is 4.99 Å². The van der Waals surface area contributed by atoms with Crippen LogP contribution in [0.15, 0.2) is 29.3 Å². The number of benzene rings is 1. The van der Waals surface area contributed by atoms with Gasteiger partial charge in [-0.15, -0.1) is 0 Å². The molecule has 0 N–H and O–H groups in total. The van der Waals surface area contributed by atoms with Crippen molar-refractivity contribution in [1.29, 1.82) is 0 Å². The van der Waals surface area contributed by atoms with Crippen LogP contribution in [0, 0.1) is 0 Å². The van der Waals surface area contributed by atoms with Crippen molar-refractivity contribution < 1.29 is 4.74 Å². The van der Waals surface area contributed by atoms with Crippen molar-refractivity contribution in [3.63, 3.8) is 0 Å². The number of hydrogen-bond donors (Lipinski definition) is 0. The standard InChI is InChI=1S/C15H24ClN3O/c1-6-12(11-17-15(18(2)3)19(4)5)20-14-10-8-7-9-13(14)16/h7-10,12H,6,11H2,1-5H3. The first-order chi connectivity index (χ1) is 9.45. The van der Waals surface area contributed by atoms with Crippen LogP contribution in [0.2, 0.25) is 5.02 Å². The first kappa shape index (κ1) is 16.6. The van der Waals surface area contributed by atoms with Crippen LogP contribution in [0.4, 0.5) is 0 Å². The van der Waals surface area contributed by atoms with Crippen LogP contribution in [0.25, 0.3) is 0 Å². The maximum absolute atomic E-state index is 6.11. The molecule has 0 radical (unpaired) electrons. The van der Waals surface area contributed by atoms with E-state index in [0.29, 0.717) is 17.3 Å². The lowest BCUT2D eigenvalue weighted by atomic mass is 10.2. The SMILES string of the molecule is CCC(CN=C(N(C)C)N(C)C)Oc1ccccc1Cl. The Kier molecular flexibility index (Phi) is 6.65. The van der Waals surface area contributed by atoms with E-state index in [4.69, 9.17) is 16.3 Å². The Morgan fingerprint density at radius 3 is 2.30 bits per heavy atom. The fourth-order valence-electron chi connectivity index (χ4n) is 1.84. The van der Waals surface area contributed by atoms with Crippen molar-refractivity contribution >= 4 is 17.6 Å². The second-order valence-corrected chi connectivity index (χ2v) is 5.42. The van der Waals surface area contributed by atoms with E-state index in [-0.39, 0.29) is 6.10 Å². The van der Waals surface area contributed by atoms with Crippen molar-refractivity contribution in [2.24, 2.45) is 4.99 Å². The van der Waals surface area contributed by atoms with Crippen LogP contribution in [0.3, 0.4) is 0 Å². The predicted octanol–water partition coefficient (Wildman–Crippen LogP) is 2.98. The molecule has 0 spiro atoms. The number of rotatable bonds is 5. The summed E-state index contributed by atoms with van der Waals surface area (Å²) in [6, 6.07) is 7.53. The second-order valence-electron chi connectivity index (χ2n) is 5.01. The average Bonchev–Trinajstić information content (AvgIpc) is 2.39. The normalized spacial score (nSPS) is 11.7. The molecule has 0 amide bonds. The Balaban J connectivity index is 2.73. The molecule has 0 aliphatic carbocycles. The Labute approximate surface area is 127 Å². The third kappa shape index (κ3) is 4.93. The highest BCUT2D eigenvalue weighted by molar-refractivity contribution is 6.32. The summed E-state index contributed by atoms with van der Waals surface area (Å²) in [5.74, 6) is 1.64. The van der Waals surface area contributed by atoms with E-state index in [2.05, 4.69) is 11.9 Å². The van der Waals surface area contributed by atoms with Gasteiger partial charge in [-0.3, -0.25) is 0 Å². The van der Waals surface area contributed by atoms with Crippen LogP contribution < -0.4 is 4.74 Å². The van der Waals surface area contributed by atoms with Gasteiger partial charge in [-0.2, -0.15) is 0 Å². The number of hydrogen-bond acceptors (Lipinski definition) is 2. The highest BCUT2D eigenvalue weighted by Crippen LogP contribution is 2.24. The van der Waals surface area contributed by atoms with Gasteiger partial charge in [0.15, 0.2) is 5.96 Å². The van der Waals surface area contributed by atoms with Gasteiger partial charge < -0.3 is 14.5 Å². The molecular weight excluding hydrogens is 274 g/mol. The second kappa shape index (κ2) is 8.00. The van der Waals surface area contributed by atoms with Crippen LogP contribution in [-0.2, 0) is 0 Å². The number of ether oxygens (including phenoxy) is 1. The predicted molar refractivity (Wildman–Crippen MR) is 85.8 cm³/mol. The lowest BCUT2D eigenvalue weighted by Crippen LogP contribution is -2.36. The molecule has 1 rings (SSSR count). The number of halogens is 1. The van der Waals surface area contributed by atoms with Crippen molar-refractivity contribution in [1.82, 2.24) is 9.80 Å². The summed E-state index contributed by atoms with van der Waals surface area (Å²) >= 11 is 6.11. The fourth-order valence-corrected chi connectivity index (χ4v) is 2.02. The Hall–Kier alpha value is -1.42. The molecule has 0 aliphatic rings. The molecule has 4 nitrogen and oxygen atoms in total. The molecular formula is C15H24ClN3O. The topological polar surface area (TPSA) is 28.1 Å². The summed E-state index contributed by atoms with van der Waals surface area (Å²) in [7, 11) is 7.92. The molecule has 1 atom stereocenters. The Bertz CT molecular complexity index is 436. The average molecular weight is 298 g/mol. The summed E-state index contributed by atoms with van der Waals surface area (Å²) in [6.07, 6.45) is 0.896. The van der Waals surface area contributed by atoms with Gasteiger partial charge in [-0.05, 0) is 18.6 Å². The lowest BCUT2D eigenvalue weighted by molar-refractivity contribution is 0.205. The van der Waals surface area contributed by atoms with Crippen LogP contribution in [0.1, 0.15) is 13.3 Å². The fraction of sp³-hybridized carbons (Fsp3) is 0.533. The molecule has 0 saturated heterocycles. The highest BCUT2D eigenvalue weighted by Gasteiger charge is 2.11. The van der Waals surface area contributed by atoms with Crippen molar-refractivity contribution in [3.05, 3.63) is 29.3 Å². The van der Waals surface area contributed by atoms with Crippen molar-refractivity contribution in [2.75, 3.05) is 34.7 Å². The van der Waals surface area contributed by atoms with Gasteiger partial charge in [0.25, 0.3) is 0 Å². The number of para-hydroxylation sites is 1. The molecule has 112 valence electrons. The van der Waals surface area contributed by atoms with Gasteiger partial charge in [-0.1, -0.05) is 30.7 Å². The maximum atomic E-state index is 6.11. The zero-order chi connectivity index (χ0) is 15.1. The zero-order valence-corrected chi connectivity index (χ0v) is 13.7. The van der Waals surface area contributed by atoms with E-state index in [1.54, 1.807) is 0 Å². The van der Waals surface area contributed by atoms with Crippen LogP contribution in [0.5, 0.6) is 5.75 Å². The first-order valence-corrected chi connectivity index (χ1v) is 7.13. The minimum Gasteiger partial charge on any atom is -0.487 e. The first-order valence-electron chi connectivity index (χ1n) is 6.76. The van der Waals surface area contributed by atoms with E-state index in [1.165, 1.54) is 0 Å². The third-order valence-electron chi connectivity index (χ3n) is 2.82. The molecule has 0 saturated carbocycles. The van der Waals surface area contributed by atoms with Gasteiger partial charge in [0.2, 0.25) is 0 Å². The zero-order valence-electron chi connectivity index (χ0n) is 12.9. The van der Waals surface area contributed by atoms with Crippen LogP contribution >= 0.6 is 11.6 Å². The molecule has 5 heteroatoms. The molecule has 0 heterocycles. The van der Waals surface area contributed by atoms with E-state index in [1.807, 2.05) is 62.3 Å². The maximum Gasteiger partial charge on any atom is 0.195 e. The summed E-state index contributed by atoms with van der Waals surface area (Å²) in [6.45, 7) is 2.69. The number of nitrogens with zero attached hydrogens (tertiary/aromatic N) is 3. The minimum atomic E-state index is 0.0183. The van der Waals surface area contributed by atoms with E-state index in [0.717, 1.165) is 12.4 Å². The third-order valence-corrected chi connectivity index (χ3v) is 3.13. The Morgan fingerprint density at radius 2 is 1.80 bits per heavy atom. The summed E-state index contributed by atoms with van der Waals surface area (Å²) in [5, 5.41) is 0.635. The van der Waals surface area contributed by atoms with Gasteiger partial charge in [0.05, 0.1) is 11.6 Å². The molecule has 0 aliphatic heterocycles. The van der Waals surface area contributed by atoms with Crippen molar-refractivity contribution in [2.45, 2.75) is 19.4 Å². The molecule has 0 bridgehead atoms. The number of guanidine groups is 1. The quantitative estimate of drug-likeness (QED) is 0.618. The van der Waals surface area contributed by atoms with Gasteiger partial charge in [0.1, 0.15) is 11.9 Å². The van der Waals surface area contributed by atoms with Gasteiger partial charge >= 0.3 is 0 Å². The molecule has 0 aromatic heterocycles. The lowest BCUT2D eigenvalue weighted by Gasteiger charge is -2.24. The molecule has 20 heavy (non-hydrogen) atoms. The summed E-state index contributed by atoms with van der Waals surface area (Å²) in [4.78, 5) is 8.60. The monoisotopic (exact) mass is 297 g/mol. The van der Waals surface area contributed by atoms with E-state index < -0.39 is 0 Å². The Morgan fingerprint density at radius 1 is 1.20 bits per heavy atom.